The highest BCUT2D eigenvalue weighted by Crippen LogP contribution is 2.32. The third-order valence-electron chi connectivity index (χ3n) is 6.37. The van der Waals surface area contributed by atoms with E-state index in [-0.39, 0.29) is 6.61 Å². The normalized spacial score (nSPS) is 19.4. The summed E-state index contributed by atoms with van der Waals surface area (Å²) in [6.07, 6.45) is 8.29. The highest BCUT2D eigenvalue weighted by Gasteiger charge is 2.28. The summed E-state index contributed by atoms with van der Waals surface area (Å²) >= 11 is 0. The number of rotatable bonds is 9. The molecule has 1 aromatic carbocycles. The maximum absolute atomic E-state index is 10.4. The molecule has 0 spiro atoms. The number of pyridine rings is 1. The van der Waals surface area contributed by atoms with Crippen molar-refractivity contribution in [3.63, 3.8) is 0 Å². The Bertz CT molecular complexity index is 803. The van der Waals surface area contributed by atoms with Crippen LogP contribution in [0.15, 0.2) is 42.7 Å². The van der Waals surface area contributed by atoms with E-state index >= 15 is 0 Å². The number of methoxy groups -OCH3 is 1. The second-order valence-corrected chi connectivity index (χ2v) is 8.84. The van der Waals surface area contributed by atoms with E-state index in [9.17, 15) is 5.11 Å². The molecule has 1 atom stereocenters. The van der Waals surface area contributed by atoms with Gasteiger partial charge in [-0.15, -0.1) is 0 Å². The van der Waals surface area contributed by atoms with Crippen molar-refractivity contribution in [1.82, 2.24) is 14.8 Å². The number of likely N-dealkylation sites (tertiary alicyclic amines) is 2. The van der Waals surface area contributed by atoms with Gasteiger partial charge in [0.2, 0.25) is 0 Å². The molecule has 0 radical (unpaired) electrons. The number of benzene rings is 1. The van der Waals surface area contributed by atoms with Gasteiger partial charge in [0.1, 0.15) is 12.7 Å². The molecular formula is C25H35N3O3. The van der Waals surface area contributed by atoms with Crippen LogP contribution in [0.3, 0.4) is 0 Å². The van der Waals surface area contributed by atoms with Crippen LogP contribution >= 0.6 is 0 Å². The van der Waals surface area contributed by atoms with Crippen molar-refractivity contribution in [3.05, 3.63) is 53.9 Å². The fourth-order valence-corrected chi connectivity index (χ4v) is 4.59. The van der Waals surface area contributed by atoms with Gasteiger partial charge in [0.15, 0.2) is 11.5 Å². The molecule has 1 N–H and O–H groups in total. The third kappa shape index (κ3) is 6.19. The smallest absolute Gasteiger partial charge is 0.161 e. The first kappa shape index (κ1) is 22.1. The average Bonchev–Trinajstić information content (AvgIpc) is 3.04. The number of aliphatic hydroxyl groups excluding tert-OH is 1. The number of hydrogen-bond acceptors (Lipinski definition) is 6. The van der Waals surface area contributed by atoms with E-state index in [0.717, 1.165) is 38.5 Å². The van der Waals surface area contributed by atoms with Gasteiger partial charge in [0.05, 0.1) is 7.11 Å². The minimum absolute atomic E-state index is 0.284. The average molecular weight is 426 g/mol. The van der Waals surface area contributed by atoms with Crippen LogP contribution in [0, 0.1) is 0 Å². The third-order valence-corrected chi connectivity index (χ3v) is 6.37. The Hall–Kier alpha value is -2.15. The van der Waals surface area contributed by atoms with Gasteiger partial charge in [-0.3, -0.25) is 9.88 Å². The first-order valence-corrected chi connectivity index (χ1v) is 11.5. The maximum Gasteiger partial charge on any atom is 0.161 e. The molecule has 6 heteroatoms. The number of aliphatic hydroxyl groups is 1. The molecular weight excluding hydrogens is 390 g/mol. The van der Waals surface area contributed by atoms with E-state index in [1.54, 1.807) is 7.11 Å². The predicted octanol–water partition coefficient (Wildman–Crippen LogP) is 3.31. The van der Waals surface area contributed by atoms with Crippen LogP contribution in [0.4, 0.5) is 0 Å². The van der Waals surface area contributed by atoms with Crippen molar-refractivity contribution in [3.8, 4) is 11.5 Å². The van der Waals surface area contributed by atoms with Gasteiger partial charge in [0, 0.05) is 44.5 Å². The quantitative estimate of drug-likeness (QED) is 0.665. The molecule has 2 aliphatic heterocycles. The zero-order valence-corrected chi connectivity index (χ0v) is 18.6. The summed E-state index contributed by atoms with van der Waals surface area (Å²) in [6, 6.07) is 10.3. The molecule has 2 aliphatic rings. The topological polar surface area (TPSA) is 58.1 Å². The van der Waals surface area contributed by atoms with E-state index in [1.165, 1.54) is 36.8 Å². The Morgan fingerprint density at radius 2 is 1.74 bits per heavy atom. The lowest BCUT2D eigenvalue weighted by Crippen LogP contribution is -2.44. The Kier molecular flexibility index (Phi) is 7.78. The minimum Gasteiger partial charge on any atom is -0.493 e. The SMILES string of the molecule is COc1cc(CN2CC(c3ccncc3)C2)ccc1OCC(O)CN1CCCCCC1. The molecule has 31 heavy (non-hydrogen) atoms. The molecule has 1 aromatic heterocycles. The fraction of sp³-hybridized carbons (Fsp3) is 0.560. The van der Waals surface area contributed by atoms with Gasteiger partial charge < -0.3 is 19.5 Å². The number of nitrogens with zero attached hydrogens (tertiary/aromatic N) is 3. The van der Waals surface area contributed by atoms with E-state index in [4.69, 9.17) is 9.47 Å². The number of hydrogen-bond donors (Lipinski definition) is 1. The number of β-amino-alcohol motifs (C(OH)–C–C–N with tert-alkyl or cyclic N) is 1. The Morgan fingerprint density at radius 1 is 1.00 bits per heavy atom. The van der Waals surface area contributed by atoms with Crippen LogP contribution in [-0.4, -0.2) is 72.4 Å². The van der Waals surface area contributed by atoms with Crippen LogP contribution in [0.2, 0.25) is 0 Å². The van der Waals surface area contributed by atoms with Crippen molar-refractivity contribution in [1.29, 1.82) is 0 Å². The van der Waals surface area contributed by atoms with Gasteiger partial charge in [-0.1, -0.05) is 18.9 Å². The second kappa shape index (κ2) is 10.9. The first-order chi connectivity index (χ1) is 15.2. The summed E-state index contributed by atoms with van der Waals surface area (Å²) in [4.78, 5) is 8.89. The summed E-state index contributed by atoms with van der Waals surface area (Å²) in [5, 5.41) is 10.4. The molecule has 4 rings (SSSR count). The zero-order valence-electron chi connectivity index (χ0n) is 18.6. The minimum atomic E-state index is -0.492. The fourth-order valence-electron chi connectivity index (χ4n) is 4.59. The molecule has 168 valence electrons. The van der Waals surface area contributed by atoms with Crippen molar-refractivity contribution >= 4 is 0 Å². The summed E-state index contributed by atoms with van der Waals surface area (Å²) in [7, 11) is 1.67. The number of aromatic nitrogens is 1. The van der Waals surface area contributed by atoms with Gasteiger partial charge in [-0.25, -0.2) is 0 Å². The monoisotopic (exact) mass is 425 g/mol. The summed E-state index contributed by atoms with van der Waals surface area (Å²) < 4.78 is 11.5. The summed E-state index contributed by atoms with van der Waals surface area (Å²) in [6.45, 7) is 6.14. The Balaban J connectivity index is 1.25. The summed E-state index contributed by atoms with van der Waals surface area (Å²) in [5.74, 6) is 2.02. The second-order valence-electron chi connectivity index (χ2n) is 8.84. The Labute approximate surface area is 185 Å². The molecule has 2 fully saturated rings. The van der Waals surface area contributed by atoms with E-state index in [1.807, 2.05) is 18.5 Å². The van der Waals surface area contributed by atoms with Gasteiger partial charge in [-0.2, -0.15) is 0 Å². The van der Waals surface area contributed by atoms with E-state index in [2.05, 4.69) is 39.0 Å². The van der Waals surface area contributed by atoms with Crippen LogP contribution in [0.1, 0.15) is 42.7 Å². The molecule has 3 heterocycles. The highest BCUT2D eigenvalue weighted by molar-refractivity contribution is 5.43. The van der Waals surface area contributed by atoms with E-state index < -0.39 is 6.10 Å². The van der Waals surface area contributed by atoms with Crippen LogP contribution in [-0.2, 0) is 6.54 Å². The summed E-state index contributed by atoms with van der Waals surface area (Å²) in [5.41, 5.74) is 2.58. The molecule has 1 unspecified atom stereocenters. The standard InChI is InChI=1S/C25H35N3O3/c1-30-25-14-20(15-28-16-22(17-28)21-8-10-26-11-9-21)6-7-24(25)31-19-23(29)18-27-12-4-2-3-5-13-27/h6-11,14,22-23,29H,2-5,12-13,15-19H2,1H3. The lowest BCUT2D eigenvalue weighted by molar-refractivity contribution is 0.0683. The molecule has 0 amide bonds. The van der Waals surface area contributed by atoms with Crippen molar-refractivity contribution in [2.75, 3.05) is 46.4 Å². The molecule has 0 bridgehead atoms. The van der Waals surface area contributed by atoms with Gasteiger partial charge in [0.25, 0.3) is 0 Å². The van der Waals surface area contributed by atoms with Crippen molar-refractivity contribution in [2.24, 2.45) is 0 Å². The van der Waals surface area contributed by atoms with Gasteiger partial charge >= 0.3 is 0 Å². The number of ether oxygens (including phenoxy) is 2. The van der Waals surface area contributed by atoms with Crippen LogP contribution in [0.25, 0.3) is 0 Å². The largest absolute Gasteiger partial charge is 0.493 e. The van der Waals surface area contributed by atoms with Crippen LogP contribution in [0.5, 0.6) is 11.5 Å². The Morgan fingerprint density at radius 3 is 2.45 bits per heavy atom. The lowest BCUT2D eigenvalue weighted by atomic mass is 9.92. The first-order valence-electron chi connectivity index (χ1n) is 11.5. The van der Waals surface area contributed by atoms with Crippen molar-refractivity contribution in [2.45, 2.75) is 44.2 Å². The van der Waals surface area contributed by atoms with Gasteiger partial charge in [-0.05, 0) is 61.3 Å². The highest BCUT2D eigenvalue weighted by atomic mass is 16.5. The van der Waals surface area contributed by atoms with E-state index in [0.29, 0.717) is 18.2 Å². The predicted molar refractivity (Wildman–Crippen MR) is 122 cm³/mol. The molecule has 2 aromatic rings. The molecule has 0 saturated carbocycles. The zero-order chi connectivity index (χ0) is 21.5. The molecule has 6 nitrogen and oxygen atoms in total. The van der Waals surface area contributed by atoms with Crippen LogP contribution < -0.4 is 9.47 Å². The lowest BCUT2D eigenvalue weighted by Gasteiger charge is -2.39. The molecule has 2 saturated heterocycles. The maximum atomic E-state index is 10.4. The molecule has 0 aliphatic carbocycles. The van der Waals surface area contributed by atoms with Crippen molar-refractivity contribution < 1.29 is 14.6 Å².